The molecule has 1 unspecified atom stereocenters. The minimum Gasteiger partial charge on any atom is -0.350 e. The predicted octanol–water partition coefficient (Wildman–Crippen LogP) is 3.46. The van der Waals surface area contributed by atoms with E-state index in [9.17, 15) is 4.79 Å². The fourth-order valence-electron chi connectivity index (χ4n) is 2.99. The topological polar surface area (TPSA) is 72.9 Å². The maximum absolute atomic E-state index is 12.6. The molecule has 1 aromatic carbocycles. The van der Waals surface area contributed by atoms with Gasteiger partial charge in [-0.05, 0) is 37.3 Å². The maximum atomic E-state index is 12.6. The molecule has 2 rings (SSSR count). The van der Waals surface area contributed by atoms with E-state index in [1.165, 1.54) is 5.56 Å². The van der Waals surface area contributed by atoms with Crippen molar-refractivity contribution in [1.82, 2.24) is 15.1 Å². The van der Waals surface area contributed by atoms with Crippen LogP contribution in [0.1, 0.15) is 72.0 Å². The number of aryl methyl sites for hydroxylation is 2. The van der Waals surface area contributed by atoms with Crippen LogP contribution in [-0.4, -0.2) is 22.2 Å². The van der Waals surface area contributed by atoms with Gasteiger partial charge < -0.3 is 11.1 Å². The van der Waals surface area contributed by atoms with E-state index in [2.05, 4.69) is 43.3 Å². The van der Waals surface area contributed by atoms with Gasteiger partial charge in [-0.15, -0.1) is 0 Å². The van der Waals surface area contributed by atoms with E-state index in [0.29, 0.717) is 18.0 Å². The Balaban J connectivity index is 2.02. The molecule has 0 aliphatic rings. The van der Waals surface area contributed by atoms with E-state index >= 15 is 0 Å². The fourth-order valence-corrected chi connectivity index (χ4v) is 2.99. The molecule has 0 radical (unpaired) electrons. The molecule has 5 heteroatoms. The zero-order chi connectivity index (χ0) is 18.6. The number of nitrogens with two attached hydrogens (primary N) is 1. The number of amides is 1. The third kappa shape index (κ3) is 4.48. The van der Waals surface area contributed by atoms with Crippen LogP contribution < -0.4 is 11.1 Å². The lowest BCUT2D eigenvalue weighted by atomic mass is 9.99. The van der Waals surface area contributed by atoms with Gasteiger partial charge in [-0.2, -0.15) is 5.10 Å². The molecule has 1 amide bonds. The van der Waals surface area contributed by atoms with E-state index in [4.69, 9.17) is 5.73 Å². The van der Waals surface area contributed by atoms with Gasteiger partial charge in [0.25, 0.3) is 5.91 Å². The van der Waals surface area contributed by atoms with E-state index in [1.54, 1.807) is 0 Å². The molecular formula is C20H30N4O. The summed E-state index contributed by atoms with van der Waals surface area (Å²) in [6.45, 7) is 11.5. The first-order valence-corrected chi connectivity index (χ1v) is 9.02. The molecule has 136 valence electrons. The Morgan fingerprint density at radius 3 is 2.36 bits per heavy atom. The number of hydrogen-bond acceptors (Lipinski definition) is 3. The van der Waals surface area contributed by atoms with Crippen molar-refractivity contribution >= 4 is 5.91 Å². The number of carbonyl (C=O) groups excluding carboxylic acids is 1. The van der Waals surface area contributed by atoms with Gasteiger partial charge in [0.2, 0.25) is 0 Å². The van der Waals surface area contributed by atoms with Crippen molar-refractivity contribution < 1.29 is 4.79 Å². The van der Waals surface area contributed by atoms with Crippen molar-refractivity contribution in [3.63, 3.8) is 0 Å². The molecule has 5 nitrogen and oxygen atoms in total. The molecule has 0 aliphatic heterocycles. The quantitative estimate of drug-likeness (QED) is 0.809. The lowest BCUT2D eigenvalue weighted by molar-refractivity contribution is 0.0950. The Bertz CT molecular complexity index is 716. The van der Waals surface area contributed by atoms with Crippen molar-refractivity contribution in [3.8, 4) is 0 Å². The van der Waals surface area contributed by atoms with Crippen LogP contribution in [0.4, 0.5) is 0 Å². The summed E-state index contributed by atoms with van der Waals surface area (Å²) in [6.07, 6.45) is 0.986. The molecular weight excluding hydrogens is 312 g/mol. The normalized spacial score (nSPS) is 12.4. The molecule has 3 N–H and O–H groups in total. The monoisotopic (exact) mass is 342 g/mol. The van der Waals surface area contributed by atoms with Crippen LogP contribution in [0.25, 0.3) is 0 Å². The summed E-state index contributed by atoms with van der Waals surface area (Å²) in [7, 11) is 0. The standard InChI is InChI=1S/C20H30N4O/c1-6-11-24-15(5)19(14(4)23-24)20(25)22-12-18(21)17-9-7-16(8-10-17)13(2)3/h7-10,13,18H,6,11-12,21H2,1-5H3,(H,22,25). The highest BCUT2D eigenvalue weighted by atomic mass is 16.1. The number of nitrogens with zero attached hydrogens (tertiary/aromatic N) is 2. The highest BCUT2D eigenvalue weighted by Crippen LogP contribution is 2.18. The number of rotatable bonds is 7. The first-order chi connectivity index (χ1) is 11.8. The molecule has 2 aromatic rings. The SMILES string of the molecule is CCCn1nc(C)c(C(=O)NCC(N)c2ccc(C(C)C)cc2)c1C. The molecule has 0 saturated heterocycles. The molecule has 0 aliphatic carbocycles. The van der Waals surface area contributed by atoms with Gasteiger partial charge in [0.05, 0.1) is 11.3 Å². The Labute approximate surface area is 150 Å². The number of aromatic nitrogens is 2. The van der Waals surface area contributed by atoms with Crippen LogP contribution in [-0.2, 0) is 6.54 Å². The van der Waals surface area contributed by atoms with E-state index < -0.39 is 0 Å². The molecule has 0 fully saturated rings. The molecule has 0 bridgehead atoms. The van der Waals surface area contributed by atoms with Crippen LogP contribution in [0, 0.1) is 13.8 Å². The smallest absolute Gasteiger partial charge is 0.255 e. The largest absolute Gasteiger partial charge is 0.350 e. The van der Waals surface area contributed by atoms with Crippen molar-refractivity contribution in [1.29, 1.82) is 0 Å². The predicted molar refractivity (Wildman–Crippen MR) is 102 cm³/mol. The Morgan fingerprint density at radius 2 is 1.80 bits per heavy atom. The Morgan fingerprint density at radius 1 is 1.20 bits per heavy atom. The van der Waals surface area contributed by atoms with Crippen molar-refractivity contribution in [2.75, 3.05) is 6.54 Å². The summed E-state index contributed by atoms with van der Waals surface area (Å²) in [5, 5.41) is 7.41. The number of benzene rings is 1. The van der Waals surface area contributed by atoms with Crippen LogP contribution in [0.5, 0.6) is 0 Å². The minimum absolute atomic E-state index is 0.105. The van der Waals surface area contributed by atoms with E-state index in [0.717, 1.165) is 29.9 Å². The van der Waals surface area contributed by atoms with Gasteiger partial charge in [0.1, 0.15) is 0 Å². The highest BCUT2D eigenvalue weighted by molar-refractivity contribution is 5.96. The summed E-state index contributed by atoms with van der Waals surface area (Å²) >= 11 is 0. The van der Waals surface area contributed by atoms with Crippen molar-refractivity contribution in [2.45, 2.75) is 59.5 Å². The summed E-state index contributed by atoms with van der Waals surface area (Å²) in [6, 6.07) is 8.07. The van der Waals surface area contributed by atoms with Crippen LogP contribution in [0.3, 0.4) is 0 Å². The van der Waals surface area contributed by atoms with Crippen LogP contribution in [0.2, 0.25) is 0 Å². The second kappa shape index (κ2) is 8.30. The second-order valence-electron chi connectivity index (χ2n) is 6.91. The van der Waals surface area contributed by atoms with Gasteiger partial charge in [-0.25, -0.2) is 0 Å². The first kappa shape index (κ1) is 19.2. The maximum Gasteiger partial charge on any atom is 0.255 e. The summed E-state index contributed by atoms with van der Waals surface area (Å²) in [4.78, 5) is 12.6. The summed E-state index contributed by atoms with van der Waals surface area (Å²) in [5.74, 6) is 0.391. The third-order valence-electron chi connectivity index (χ3n) is 4.56. The molecule has 1 atom stereocenters. The summed E-state index contributed by atoms with van der Waals surface area (Å²) < 4.78 is 1.90. The zero-order valence-electron chi connectivity index (χ0n) is 16.0. The molecule has 0 spiro atoms. The lowest BCUT2D eigenvalue weighted by Gasteiger charge is -2.15. The average molecular weight is 342 g/mol. The van der Waals surface area contributed by atoms with Gasteiger partial charge in [0.15, 0.2) is 0 Å². The van der Waals surface area contributed by atoms with Gasteiger partial charge in [-0.1, -0.05) is 45.0 Å². The minimum atomic E-state index is -0.225. The first-order valence-electron chi connectivity index (χ1n) is 9.02. The molecule has 1 heterocycles. The molecule has 1 aromatic heterocycles. The van der Waals surface area contributed by atoms with Crippen molar-refractivity contribution in [3.05, 3.63) is 52.3 Å². The second-order valence-corrected chi connectivity index (χ2v) is 6.91. The highest BCUT2D eigenvalue weighted by Gasteiger charge is 2.19. The van der Waals surface area contributed by atoms with E-state index in [1.807, 2.05) is 30.7 Å². The fraction of sp³-hybridized carbons (Fsp3) is 0.500. The third-order valence-corrected chi connectivity index (χ3v) is 4.56. The molecule has 0 saturated carbocycles. The lowest BCUT2D eigenvalue weighted by Crippen LogP contribution is -2.32. The van der Waals surface area contributed by atoms with Gasteiger partial charge >= 0.3 is 0 Å². The van der Waals surface area contributed by atoms with E-state index in [-0.39, 0.29) is 11.9 Å². The van der Waals surface area contributed by atoms with Crippen molar-refractivity contribution in [2.24, 2.45) is 5.73 Å². The number of carbonyl (C=O) groups is 1. The Hall–Kier alpha value is -2.14. The van der Waals surface area contributed by atoms with Gasteiger partial charge in [0, 0.05) is 24.8 Å². The number of hydrogen-bond donors (Lipinski definition) is 2. The van der Waals surface area contributed by atoms with Crippen LogP contribution in [0.15, 0.2) is 24.3 Å². The molecule has 25 heavy (non-hydrogen) atoms. The average Bonchev–Trinajstić information content (AvgIpc) is 2.86. The van der Waals surface area contributed by atoms with Gasteiger partial charge in [-0.3, -0.25) is 9.48 Å². The Kier molecular flexibility index (Phi) is 6.37. The van der Waals surface area contributed by atoms with Crippen LogP contribution >= 0.6 is 0 Å². The summed E-state index contributed by atoms with van der Waals surface area (Å²) in [5.41, 5.74) is 10.9. The zero-order valence-corrected chi connectivity index (χ0v) is 16.0. The number of nitrogens with one attached hydrogen (secondary N) is 1.